The molecule has 0 saturated carbocycles. The van der Waals surface area contributed by atoms with Gasteiger partial charge in [-0.05, 0) is 48.5 Å². The van der Waals surface area contributed by atoms with Gasteiger partial charge in [-0.25, -0.2) is 4.79 Å². The third-order valence-electron chi connectivity index (χ3n) is 3.56. The van der Waals surface area contributed by atoms with Gasteiger partial charge in [0.2, 0.25) is 5.91 Å². The molecule has 136 valence electrons. The van der Waals surface area contributed by atoms with Crippen molar-refractivity contribution in [3.63, 3.8) is 0 Å². The largest absolute Gasteiger partial charge is 0.457 e. The fourth-order valence-electron chi connectivity index (χ4n) is 2.29. The zero-order valence-corrected chi connectivity index (χ0v) is 14.5. The van der Waals surface area contributed by atoms with E-state index < -0.39 is 6.03 Å². The van der Waals surface area contributed by atoms with E-state index in [1.807, 2.05) is 48.5 Å². The highest BCUT2D eigenvalue weighted by molar-refractivity contribution is 5.96. The minimum absolute atomic E-state index is 0.138. The van der Waals surface area contributed by atoms with Gasteiger partial charge in [-0.15, -0.1) is 0 Å². The molecule has 3 N–H and O–H groups in total. The molecule has 0 fully saturated rings. The summed E-state index contributed by atoms with van der Waals surface area (Å²) in [5, 5.41) is 7.87. The quantitative estimate of drug-likeness (QED) is 0.614. The number of amides is 3. The van der Waals surface area contributed by atoms with Gasteiger partial charge in [-0.3, -0.25) is 4.79 Å². The van der Waals surface area contributed by atoms with Crippen molar-refractivity contribution in [2.75, 3.05) is 17.2 Å². The average molecular weight is 361 g/mol. The first-order chi connectivity index (χ1) is 13.2. The third-order valence-corrected chi connectivity index (χ3v) is 3.56. The molecule has 0 aromatic heterocycles. The molecular weight excluding hydrogens is 342 g/mol. The van der Waals surface area contributed by atoms with Crippen molar-refractivity contribution in [3.05, 3.63) is 84.9 Å². The van der Waals surface area contributed by atoms with Crippen LogP contribution < -0.4 is 20.7 Å². The number of para-hydroxylation sites is 2. The summed E-state index contributed by atoms with van der Waals surface area (Å²) in [6.07, 6.45) is 0. The molecule has 6 heteroatoms. The standard InChI is InChI=1S/C21H19N3O3/c25-20(15-22-21(26)24-16-7-3-1-4-8-16)23-17-11-13-19(14-12-17)27-18-9-5-2-6-10-18/h1-14H,15H2,(H,23,25)(H2,22,24,26). The molecule has 0 aliphatic carbocycles. The Balaban J connectivity index is 1.44. The maximum atomic E-state index is 12.0. The summed E-state index contributed by atoms with van der Waals surface area (Å²) in [6, 6.07) is 25.0. The Morgan fingerprint density at radius 3 is 1.89 bits per heavy atom. The van der Waals surface area contributed by atoms with Gasteiger partial charge in [0.25, 0.3) is 0 Å². The van der Waals surface area contributed by atoms with Crippen LogP contribution in [-0.2, 0) is 4.79 Å². The lowest BCUT2D eigenvalue weighted by Crippen LogP contribution is -2.35. The van der Waals surface area contributed by atoms with Gasteiger partial charge in [0.05, 0.1) is 6.54 Å². The average Bonchev–Trinajstić information content (AvgIpc) is 2.70. The number of urea groups is 1. The number of carbonyl (C=O) groups excluding carboxylic acids is 2. The van der Waals surface area contributed by atoms with Crippen LogP contribution in [0.25, 0.3) is 0 Å². The second kappa shape index (κ2) is 9.05. The topological polar surface area (TPSA) is 79.5 Å². The van der Waals surface area contributed by atoms with Crippen molar-refractivity contribution in [1.82, 2.24) is 5.32 Å². The van der Waals surface area contributed by atoms with E-state index in [0.29, 0.717) is 17.1 Å². The van der Waals surface area contributed by atoms with E-state index in [2.05, 4.69) is 16.0 Å². The first kappa shape index (κ1) is 18.0. The number of benzene rings is 3. The highest BCUT2D eigenvalue weighted by atomic mass is 16.5. The molecule has 27 heavy (non-hydrogen) atoms. The van der Waals surface area contributed by atoms with Crippen molar-refractivity contribution in [2.45, 2.75) is 0 Å². The summed E-state index contributed by atoms with van der Waals surface area (Å²) >= 11 is 0. The third kappa shape index (κ3) is 5.89. The van der Waals surface area contributed by atoms with E-state index in [4.69, 9.17) is 4.74 Å². The van der Waals surface area contributed by atoms with Crippen molar-refractivity contribution in [1.29, 1.82) is 0 Å². The van der Waals surface area contributed by atoms with Crippen LogP contribution in [0.2, 0.25) is 0 Å². The predicted molar refractivity (Wildman–Crippen MR) is 105 cm³/mol. The molecule has 0 radical (unpaired) electrons. The van der Waals surface area contributed by atoms with Gasteiger partial charge >= 0.3 is 6.03 Å². The van der Waals surface area contributed by atoms with Gasteiger partial charge in [0, 0.05) is 11.4 Å². The number of hydrogen-bond acceptors (Lipinski definition) is 3. The Morgan fingerprint density at radius 2 is 1.22 bits per heavy atom. The maximum Gasteiger partial charge on any atom is 0.319 e. The molecule has 3 aromatic rings. The van der Waals surface area contributed by atoms with E-state index in [9.17, 15) is 9.59 Å². The predicted octanol–water partition coefficient (Wildman–Crippen LogP) is 4.24. The fourth-order valence-corrected chi connectivity index (χ4v) is 2.29. The summed E-state index contributed by atoms with van der Waals surface area (Å²) in [5.41, 5.74) is 1.27. The zero-order chi connectivity index (χ0) is 18.9. The van der Waals surface area contributed by atoms with Crippen LogP contribution in [0.15, 0.2) is 84.9 Å². The summed E-state index contributed by atoms with van der Waals surface area (Å²) < 4.78 is 5.70. The van der Waals surface area contributed by atoms with E-state index in [0.717, 1.165) is 5.75 Å². The molecule has 0 unspecified atom stereocenters. The first-order valence-corrected chi connectivity index (χ1v) is 8.42. The fraction of sp³-hybridized carbons (Fsp3) is 0.0476. The molecule has 0 aliphatic rings. The highest BCUT2D eigenvalue weighted by Crippen LogP contribution is 2.22. The molecule has 0 aliphatic heterocycles. The molecule has 3 rings (SSSR count). The van der Waals surface area contributed by atoms with Crippen LogP contribution in [0, 0.1) is 0 Å². The van der Waals surface area contributed by atoms with Crippen LogP contribution in [0.4, 0.5) is 16.2 Å². The van der Waals surface area contributed by atoms with Crippen LogP contribution in [0.5, 0.6) is 11.5 Å². The summed E-state index contributed by atoms with van der Waals surface area (Å²) in [7, 11) is 0. The second-order valence-corrected chi connectivity index (χ2v) is 5.66. The Labute approximate surface area is 157 Å². The van der Waals surface area contributed by atoms with Gasteiger partial charge < -0.3 is 20.7 Å². The molecule has 0 spiro atoms. The number of carbonyl (C=O) groups is 2. The number of anilines is 2. The van der Waals surface area contributed by atoms with E-state index in [1.54, 1.807) is 36.4 Å². The van der Waals surface area contributed by atoms with Crippen LogP contribution >= 0.6 is 0 Å². The van der Waals surface area contributed by atoms with Gasteiger partial charge in [-0.1, -0.05) is 36.4 Å². The summed E-state index contributed by atoms with van der Waals surface area (Å²) in [4.78, 5) is 23.7. The highest BCUT2D eigenvalue weighted by Gasteiger charge is 2.06. The number of rotatable bonds is 6. The van der Waals surface area contributed by atoms with E-state index in [1.165, 1.54) is 0 Å². The molecule has 0 heterocycles. The lowest BCUT2D eigenvalue weighted by atomic mass is 10.3. The summed E-state index contributed by atoms with van der Waals surface area (Å²) in [6.45, 7) is -0.138. The minimum Gasteiger partial charge on any atom is -0.457 e. The minimum atomic E-state index is -0.442. The molecule has 0 atom stereocenters. The van der Waals surface area contributed by atoms with Crippen molar-refractivity contribution < 1.29 is 14.3 Å². The Kier molecular flexibility index (Phi) is 6.04. The molecular formula is C21H19N3O3. The number of ether oxygens (including phenoxy) is 1. The smallest absolute Gasteiger partial charge is 0.319 e. The van der Waals surface area contributed by atoms with Crippen molar-refractivity contribution in [2.24, 2.45) is 0 Å². The van der Waals surface area contributed by atoms with Gasteiger partial charge in [0.15, 0.2) is 0 Å². The van der Waals surface area contributed by atoms with Crippen LogP contribution in [0.1, 0.15) is 0 Å². The monoisotopic (exact) mass is 361 g/mol. The van der Waals surface area contributed by atoms with Crippen LogP contribution in [-0.4, -0.2) is 18.5 Å². The molecule has 0 saturated heterocycles. The molecule has 0 bridgehead atoms. The SMILES string of the molecule is O=C(CNC(=O)Nc1ccccc1)Nc1ccc(Oc2ccccc2)cc1. The summed E-state index contributed by atoms with van der Waals surface area (Å²) in [5.74, 6) is 1.08. The second-order valence-electron chi connectivity index (χ2n) is 5.66. The van der Waals surface area contributed by atoms with Gasteiger partial charge in [0.1, 0.15) is 11.5 Å². The molecule has 3 amide bonds. The molecule has 6 nitrogen and oxygen atoms in total. The molecule has 3 aromatic carbocycles. The Bertz CT molecular complexity index is 882. The Morgan fingerprint density at radius 1 is 0.667 bits per heavy atom. The number of nitrogens with one attached hydrogen (secondary N) is 3. The van der Waals surface area contributed by atoms with Crippen molar-refractivity contribution >= 4 is 23.3 Å². The normalized spacial score (nSPS) is 9.93. The number of hydrogen-bond donors (Lipinski definition) is 3. The van der Waals surface area contributed by atoms with Crippen molar-refractivity contribution in [3.8, 4) is 11.5 Å². The first-order valence-electron chi connectivity index (χ1n) is 8.42. The van der Waals surface area contributed by atoms with E-state index >= 15 is 0 Å². The van der Waals surface area contributed by atoms with Gasteiger partial charge in [-0.2, -0.15) is 0 Å². The van der Waals surface area contributed by atoms with E-state index in [-0.39, 0.29) is 12.5 Å². The van der Waals surface area contributed by atoms with Crippen LogP contribution in [0.3, 0.4) is 0 Å². The Hall–Kier alpha value is -3.80. The lowest BCUT2D eigenvalue weighted by Gasteiger charge is -2.09. The zero-order valence-electron chi connectivity index (χ0n) is 14.5. The maximum absolute atomic E-state index is 12.0. The lowest BCUT2D eigenvalue weighted by molar-refractivity contribution is -0.115.